The predicted molar refractivity (Wildman–Crippen MR) is 76.4 cm³/mol. The molecule has 1 aromatic rings. The summed E-state index contributed by atoms with van der Waals surface area (Å²) in [5.41, 5.74) is -0.0467. The molecule has 0 spiro atoms. The van der Waals surface area contributed by atoms with Gasteiger partial charge in [0.15, 0.2) is 0 Å². The normalized spacial score (nSPS) is 18.2. The molecule has 1 fully saturated rings. The number of nitrogens with one attached hydrogen (secondary N) is 1. The van der Waals surface area contributed by atoms with Crippen LogP contribution in [0.5, 0.6) is 0 Å². The molecule has 1 aliphatic rings. The van der Waals surface area contributed by atoms with Crippen LogP contribution in [0.25, 0.3) is 0 Å². The molecule has 21 heavy (non-hydrogen) atoms. The molecule has 0 radical (unpaired) electrons. The van der Waals surface area contributed by atoms with Crippen LogP contribution in [0.4, 0.5) is 4.39 Å². The summed E-state index contributed by atoms with van der Waals surface area (Å²) in [6.45, 7) is 1.67. The Morgan fingerprint density at radius 3 is 2.62 bits per heavy atom. The zero-order chi connectivity index (χ0) is 15.5. The number of halogens is 1. The average molecular weight is 293 g/mol. The van der Waals surface area contributed by atoms with Gasteiger partial charge in [-0.15, -0.1) is 0 Å². The Bertz CT molecular complexity index is 538. The lowest BCUT2D eigenvalue weighted by molar-refractivity contribution is -0.137. The largest absolute Gasteiger partial charge is 0.481 e. The summed E-state index contributed by atoms with van der Waals surface area (Å²) in [5, 5.41) is 11.5. The highest BCUT2D eigenvalue weighted by Crippen LogP contribution is 2.41. The van der Waals surface area contributed by atoms with Crippen LogP contribution in [-0.2, 0) is 15.0 Å². The lowest BCUT2D eigenvalue weighted by atomic mass is 9.77. The van der Waals surface area contributed by atoms with Crippen LogP contribution in [-0.4, -0.2) is 23.0 Å². The van der Waals surface area contributed by atoms with Crippen molar-refractivity contribution in [1.82, 2.24) is 5.32 Å². The van der Waals surface area contributed by atoms with Crippen LogP contribution >= 0.6 is 0 Å². The molecule has 5 heteroatoms. The first-order valence-electron chi connectivity index (χ1n) is 7.23. The Morgan fingerprint density at radius 1 is 1.38 bits per heavy atom. The van der Waals surface area contributed by atoms with Gasteiger partial charge in [0.2, 0.25) is 5.91 Å². The van der Waals surface area contributed by atoms with Crippen LogP contribution < -0.4 is 5.32 Å². The van der Waals surface area contributed by atoms with Gasteiger partial charge in [-0.2, -0.15) is 0 Å². The molecule has 0 aromatic heterocycles. The second-order valence-electron chi connectivity index (χ2n) is 5.77. The van der Waals surface area contributed by atoms with E-state index in [1.54, 1.807) is 19.1 Å². The Labute approximate surface area is 123 Å². The molecule has 1 unspecified atom stereocenters. The van der Waals surface area contributed by atoms with Gasteiger partial charge < -0.3 is 10.4 Å². The molecule has 1 saturated carbocycles. The number of amides is 1. The first-order valence-corrected chi connectivity index (χ1v) is 7.23. The molecule has 1 aromatic carbocycles. The Balaban J connectivity index is 2.22. The second kappa shape index (κ2) is 6.24. The summed E-state index contributed by atoms with van der Waals surface area (Å²) in [5.74, 6) is -1.50. The maximum absolute atomic E-state index is 13.5. The summed E-state index contributed by atoms with van der Waals surface area (Å²) in [6, 6.07) is 5.71. The van der Waals surface area contributed by atoms with Gasteiger partial charge in [0.25, 0.3) is 0 Å². The van der Waals surface area contributed by atoms with E-state index in [4.69, 9.17) is 5.11 Å². The van der Waals surface area contributed by atoms with E-state index in [0.717, 1.165) is 12.8 Å². The van der Waals surface area contributed by atoms with Gasteiger partial charge in [0.05, 0.1) is 11.8 Å². The van der Waals surface area contributed by atoms with Crippen molar-refractivity contribution in [1.29, 1.82) is 0 Å². The zero-order valence-electron chi connectivity index (χ0n) is 12.1. The first-order chi connectivity index (χ1) is 9.94. The summed E-state index contributed by atoms with van der Waals surface area (Å²) in [6.07, 6.45) is 3.05. The topological polar surface area (TPSA) is 66.4 Å². The Hall–Kier alpha value is -1.91. The molecular weight excluding hydrogens is 273 g/mol. The highest BCUT2D eigenvalue weighted by atomic mass is 19.1. The van der Waals surface area contributed by atoms with Gasteiger partial charge in [-0.3, -0.25) is 9.59 Å². The number of aliphatic carboxylic acids is 1. The summed E-state index contributed by atoms with van der Waals surface area (Å²) in [7, 11) is 0. The highest BCUT2D eigenvalue weighted by Gasteiger charge is 2.43. The van der Waals surface area contributed by atoms with Crippen LogP contribution in [0, 0.1) is 5.82 Å². The minimum atomic E-state index is -0.950. The van der Waals surface area contributed by atoms with Crippen LogP contribution in [0.15, 0.2) is 24.3 Å². The minimum absolute atomic E-state index is 0.120. The predicted octanol–water partition coefficient (Wildman–Crippen LogP) is 2.62. The van der Waals surface area contributed by atoms with E-state index in [1.165, 1.54) is 12.1 Å². The lowest BCUT2D eigenvalue weighted by Crippen LogP contribution is -2.46. The number of carboxylic acid groups (broad SMARTS) is 1. The molecule has 1 atom stereocenters. The van der Waals surface area contributed by atoms with Gasteiger partial charge in [0, 0.05) is 6.04 Å². The van der Waals surface area contributed by atoms with Crippen molar-refractivity contribution >= 4 is 11.9 Å². The summed E-state index contributed by atoms with van der Waals surface area (Å²) >= 11 is 0. The maximum atomic E-state index is 13.5. The van der Waals surface area contributed by atoms with Crippen molar-refractivity contribution in [3.8, 4) is 0 Å². The molecule has 1 aliphatic carbocycles. The number of benzene rings is 1. The third kappa shape index (κ3) is 3.40. The number of carbonyl (C=O) groups excluding carboxylic acids is 1. The molecule has 0 saturated heterocycles. The van der Waals surface area contributed by atoms with Crippen molar-refractivity contribution in [3.63, 3.8) is 0 Å². The SMILES string of the molecule is CC(CC(=O)O)NC(=O)C1(c2cccc(F)c2)CCCC1. The molecule has 0 bridgehead atoms. The van der Waals surface area contributed by atoms with Gasteiger partial charge in [-0.05, 0) is 37.5 Å². The van der Waals surface area contributed by atoms with Crippen molar-refractivity contribution in [3.05, 3.63) is 35.6 Å². The monoisotopic (exact) mass is 293 g/mol. The number of rotatable bonds is 5. The maximum Gasteiger partial charge on any atom is 0.305 e. The second-order valence-corrected chi connectivity index (χ2v) is 5.77. The number of hydrogen-bond donors (Lipinski definition) is 2. The van der Waals surface area contributed by atoms with Crippen LogP contribution in [0.1, 0.15) is 44.6 Å². The Morgan fingerprint density at radius 2 is 2.05 bits per heavy atom. The third-order valence-corrected chi connectivity index (χ3v) is 4.13. The van der Waals surface area contributed by atoms with Crippen molar-refractivity contribution < 1.29 is 19.1 Å². The fourth-order valence-corrected chi connectivity index (χ4v) is 3.09. The fourth-order valence-electron chi connectivity index (χ4n) is 3.09. The van der Waals surface area contributed by atoms with E-state index in [0.29, 0.717) is 18.4 Å². The summed E-state index contributed by atoms with van der Waals surface area (Å²) < 4.78 is 13.5. The number of hydrogen-bond acceptors (Lipinski definition) is 2. The van der Waals surface area contributed by atoms with E-state index in [9.17, 15) is 14.0 Å². The fraction of sp³-hybridized carbons (Fsp3) is 0.500. The third-order valence-electron chi connectivity index (χ3n) is 4.13. The van der Waals surface area contributed by atoms with Gasteiger partial charge in [-0.25, -0.2) is 4.39 Å². The van der Waals surface area contributed by atoms with Crippen molar-refractivity contribution in [2.24, 2.45) is 0 Å². The van der Waals surface area contributed by atoms with E-state index < -0.39 is 17.4 Å². The molecule has 114 valence electrons. The molecule has 0 heterocycles. The summed E-state index contributed by atoms with van der Waals surface area (Å²) in [4.78, 5) is 23.4. The first kappa shape index (κ1) is 15.5. The van der Waals surface area contributed by atoms with Gasteiger partial charge >= 0.3 is 5.97 Å². The smallest absolute Gasteiger partial charge is 0.305 e. The van der Waals surface area contributed by atoms with Crippen molar-refractivity contribution in [2.75, 3.05) is 0 Å². The van der Waals surface area contributed by atoms with Crippen LogP contribution in [0.2, 0.25) is 0 Å². The minimum Gasteiger partial charge on any atom is -0.481 e. The molecule has 2 N–H and O–H groups in total. The molecule has 0 aliphatic heterocycles. The molecule has 2 rings (SSSR count). The Kier molecular flexibility index (Phi) is 4.60. The van der Waals surface area contributed by atoms with Crippen molar-refractivity contribution in [2.45, 2.75) is 50.5 Å². The molecular formula is C16H20FNO3. The van der Waals surface area contributed by atoms with Crippen LogP contribution in [0.3, 0.4) is 0 Å². The number of carboxylic acids is 1. The van der Waals surface area contributed by atoms with Gasteiger partial charge in [-0.1, -0.05) is 25.0 Å². The highest BCUT2D eigenvalue weighted by molar-refractivity contribution is 5.89. The lowest BCUT2D eigenvalue weighted by Gasteiger charge is -2.29. The van der Waals surface area contributed by atoms with E-state index >= 15 is 0 Å². The van der Waals surface area contributed by atoms with E-state index in [-0.39, 0.29) is 18.1 Å². The molecule has 4 nitrogen and oxygen atoms in total. The van der Waals surface area contributed by atoms with E-state index in [1.807, 2.05) is 0 Å². The molecule has 1 amide bonds. The zero-order valence-corrected chi connectivity index (χ0v) is 12.1. The number of carbonyl (C=O) groups is 2. The standard InChI is InChI=1S/C16H20FNO3/c1-11(9-14(19)20)18-15(21)16(7-2-3-8-16)12-5-4-6-13(17)10-12/h4-6,10-11H,2-3,7-9H2,1H3,(H,18,21)(H,19,20). The van der Waals surface area contributed by atoms with Gasteiger partial charge in [0.1, 0.15) is 5.82 Å². The quantitative estimate of drug-likeness (QED) is 0.877. The average Bonchev–Trinajstić information content (AvgIpc) is 2.88. The van der Waals surface area contributed by atoms with E-state index in [2.05, 4.69) is 5.32 Å².